The SMILES string of the molecule is CCC(C)(C)NC(=O)c1ccc(NS(=O)(=O)c2ccc(F)c(C)c2)cc1. The molecule has 0 atom stereocenters. The number of hydrogen-bond donors (Lipinski definition) is 2. The minimum absolute atomic E-state index is 0.0251. The minimum Gasteiger partial charge on any atom is -0.347 e. The van der Waals surface area contributed by atoms with Gasteiger partial charge < -0.3 is 5.32 Å². The summed E-state index contributed by atoms with van der Waals surface area (Å²) in [6.45, 7) is 7.34. The Bertz CT molecular complexity index is 907. The fourth-order valence-electron chi connectivity index (χ4n) is 2.16. The van der Waals surface area contributed by atoms with Crippen LogP contribution in [0.5, 0.6) is 0 Å². The number of hydrogen-bond acceptors (Lipinski definition) is 3. The molecule has 0 saturated carbocycles. The summed E-state index contributed by atoms with van der Waals surface area (Å²) < 4.78 is 40.5. The van der Waals surface area contributed by atoms with Crippen LogP contribution >= 0.6 is 0 Å². The highest BCUT2D eigenvalue weighted by molar-refractivity contribution is 7.92. The van der Waals surface area contributed by atoms with Gasteiger partial charge in [0.1, 0.15) is 5.82 Å². The molecule has 2 rings (SSSR count). The second kappa shape index (κ2) is 7.45. The third-order valence-electron chi connectivity index (χ3n) is 4.17. The first kappa shape index (κ1) is 19.9. The molecular weight excluding hydrogens is 355 g/mol. The normalized spacial score (nSPS) is 11.9. The molecule has 26 heavy (non-hydrogen) atoms. The van der Waals surface area contributed by atoms with Gasteiger partial charge in [0.25, 0.3) is 15.9 Å². The van der Waals surface area contributed by atoms with Gasteiger partial charge in [0.15, 0.2) is 0 Å². The zero-order chi connectivity index (χ0) is 19.5. The molecule has 0 heterocycles. The fourth-order valence-corrected chi connectivity index (χ4v) is 3.30. The van der Waals surface area contributed by atoms with Crippen molar-refractivity contribution in [2.24, 2.45) is 0 Å². The van der Waals surface area contributed by atoms with Crippen molar-refractivity contribution in [2.45, 2.75) is 44.6 Å². The van der Waals surface area contributed by atoms with Gasteiger partial charge in [-0.05, 0) is 75.2 Å². The van der Waals surface area contributed by atoms with E-state index >= 15 is 0 Å². The molecule has 0 fully saturated rings. The second-order valence-electron chi connectivity index (χ2n) is 6.79. The van der Waals surface area contributed by atoms with Gasteiger partial charge in [0, 0.05) is 16.8 Å². The van der Waals surface area contributed by atoms with Crippen LogP contribution in [0.2, 0.25) is 0 Å². The number of carbonyl (C=O) groups excluding carboxylic acids is 1. The third kappa shape index (κ3) is 4.82. The van der Waals surface area contributed by atoms with E-state index in [1.807, 2.05) is 20.8 Å². The number of amides is 1. The smallest absolute Gasteiger partial charge is 0.261 e. The van der Waals surface area contributed by atoms with E-state index in [-0.39, 0.29) is 21.9 Å². The molecule has 140 valence electrons. The maximum atomic E-state index is 13.3. The van der Waals surface area contributed by atoms with Crippen molar-refractivity contribution in [1.82, 2.24) is 5.32 Å². The molecule has 1 amide bonds. The molecular formula is C19H23FN2O3S. The molecule has 2 aromatic carbocycles. The quantitative estimate of drug-likeness (QED) is 0.802. The molecule has 0 aliphatic carbocycles. The zero-order valence-corrected chi connectivity index (χ0v) is 16.1. The predicted molar refractivity (Wildman–Crippen MR) is 100 cm³/mol. The molecule has 0 aliphatic heterocycles. The number of rotatable bonds is 6. The van der Waals surface area contributed by atoms with Crippen molar-refractivity contribution < 1.29 is 17.6 Å². The lowest BCUT2D eigenvalue weighted by Gasteiger charge is -2.24. The Morgan fingerprint density at radius 3 is 2.27 bits per heavy atom. The molecule has 0 aromatic heterocycles. The topological polar surface area (TPSA) is 75.3 Å². The number of nitrogens with one attached hydrogen (secondary N) is 2. The molecule has 0 saturated heterocycles. The minimum atomic E-state index is -3.84. The van der Waals surface area contributed by atoms with Crippen molar-refractivity contribution >= 4 is 21.6 Å². The maximum absolute atomic E-state index is 13.3. The van der Waals surface area contributed by atoms with E-state index in [0.717, 1.165) is 12.5 Å². The van der Waals surface area contributed by atoms with Gasteiger partial charge in [-0.3, -0.25) is 9.52 Å². The number of anilines is 1. The lowest BCUT2D eigenvalue weighted by Crippen LogP contribution is -2.42. The van der Waals surface area contributed by atoms with Gasteiger partial charge in [0.05, 0.1) is 4.90 Å². The van der Waals surface area contributed by atoms with Crippen LogP contribution in [0.3, 0.4) is 0 Å². The number of halogens is 1. The van der Waals surface area contributed by atoms with Crippen LogP contribution in [0.4, 0.5) is 10.1 Å². The lowest BCUT2D eigenvalue weighted by molar-refractivity contribution is 0.0911. The highest BCUT2D eigenvalue weighted by Gasteiger charge is 2.19. The van der Waals surface area contributed by atoms with Crippen molar-refractivity contribution in [1.29, 1.82) is 0 Å². The van der Waals surface area contributed by atoms with Crippen molar-refractivity contribution in [2.75, 3.05) is 4.72 Å². The Morgan fingerprint density at radius 1 is 1.12 bits per heavy atom. The van der Waals surface area contributed by atoms with Crippen LogP contribution in [0.25, 0.3) is 0 Å². The summed E-state index contributed by atoms with van der Waals surface area (Å²) in [6.07, 6.45) is 0.785. The van der Waals surface area contributed by atoms with Crippen molar-refractivity contribution in [3.63, 3.8) is 0 Å². The summed E-state index contributed by atoms with van der Waals surface area (Å²) >= 11 is 0. The summed E-state index contributed by atoms with van der Waals surface area (Å²) in [7, 11) is -3.84. The van der Waals surface area contributed by atoms with Gasteiger partial charge in [-0.15, -0.1) is 0 Å². The van der Waals surface area contributed by atoms with Gasteiger partial charge in [-0.25, -0.2) is 12.8 Å². The zero-order valence-electron chi connectivity index (χ0n) is 15.3. The van der Waals surface area contributed by atoms with Crippen LogP contribution in [-0.2, 0) is 10.0 Å². The highest BCUT2D eigenvalue weighted by Crippen LogP contribution is 2.19. The Labute approximate surface area is 153 Å². The lowest BCUT2D eigenvalue weighted by atomic mass is 10.0. The summed E-state index contributed by atoms with van der Waals surface area (Å²) in [5.74, 6) is -0.685. The number of carbonyl (C=O) groups is 1. The monoisotopic (exact) mass is 378 g/mol. The van der Waals surface area contributed by atoms with E-state index in [1.54, 1.807) is 12.1 Å². The first-order valence-corrected chi connectivity index (χ1v) is 9.74. The van der Waals surface area contributed by atoms with E-state index in [9.17, 15) is 17.6 Å². The Hall–Kier alpha value is -2.41. The Balaban J connectivity index is 2.15. The number of benzene rings is 2. The van der Waals surface area contributed by atoms with E-state index in [1.165, 1.54) is 31.2 Å². The molecule has 2 aromatic rings. The van der Waals surface area contributed by atoms with Crippen LogP contribution in [0.15, 0.2) is 47.4 Å². The van der Waals surface area contributed by atoms with Crippen molar-refractivity contribution in [3.8, 4) is 0 Å². The molecule has 0 bridgehead atoms. The molecule has 0 aliphatic rings. The van der Waals surface area contributed by atoms with Gasteiger partial charge in [-0.2, -0.15) is 0 Å². The number of sulfonamides is 1. The first-order chi connectivity index (χ1) is 12.0. The van der Waals surface area contributed by atoms with Gasteiger partial charge in [-0.1, -0.05) is 6.92 Å². The van der Waals surface area contributed by atoms with Gasteiger partial charge in [0.2, 0.25) is 0 Å². The molecule has 0 unspecified atom stereocenters. The largest absolute Gasteiger partial charge is 0.347 e. The predicted octanol–water partition coefficient (Wildman–Crippen LogP) is 3.85. The van der Waals surface area contributed by atoms with Crippen molar-refractivity contribution in [3.05, 3.63) is 59.4 Å². The Morgan fingerprint density at radius 2 is 1.73 bits per heavy atom. The van der Waals surface area contributed by atoms with E-state index in [4.69, 9.17) is 0 Å². The molecule has 0 spiro atoms. The van der Waals surface area contributed by atoms with E-state index in [0.29, 0.717) is 11.3 Å². The summed E-state index contributed by atoms with van der Waals surface area (Å²) in [5.41, 5.74) is 0.682. The molecule has 2 N–H and O–H groups in total. The summed E-state index contributed by atoms with van der Waals surface area (Å²) in [6, 6.07) is 9.73. The Kier molecular flexibility index (Phi) is 5.71. The highest BCUT2D eigenvalue weighted by atomic mass is 32.2. The van der Waals surface area contributed by atoms with E-state index < -0.39 is 15.8 Å². The van der Waals surface area contributed by atoms with Crippen LogP contribution in [-0.4, -0.2) is 19.9 Å². The summed E-state index contributed by atoms with van der Waals surface area (Å²) in [4.78, 5) is 12.2. The molecule has 5 nitrogen and oxygen atoms in total. The average molecular weight is 378 g/mol. The van der Waals surface area contributed by atoms with Crippen LogP contribution in [0, 0.1) is 12.7 Å². The average Bonchev–Trinajstić information content (AvgIpc) is 2.57. The van der Waals surface area contributed by atoms with Gasteiger partial charge >= 0.3 is 0 Å². The van der Waals surface area contributed by atoms with E-state index in [2.05, 4.69) is 10.0 Å². The fraction of sp³-hybridized carbons (Fsp3) is 0.316. The number of aryl methyl sites for hydroxylation is 1. The second-order valence-corrected chi connectivity index (χ2v) is 8.47. The third-order valence-corrected chi connectivity index (χ3v) is 5.55. The molecule has 7 heteroatoms. The van der Waals surface area contributed by atoms with Crippen LogP contribution < -0.4 is 10.0 Å². The standard InChI is InChI=1S/C19H23FN2O3S/c1-5-19(3,4)21-18(23)14-6-8-15(9-7-14)22-26(24,25)16-10-11-17(20)13(2)12-16/h6-12,22H,5H2,1-4H3,(H,21,23). The molecule has 0 radical (unpaired) electrons. The summed E-state index contributed by atoms with van der Waals surface area (Å²) in [5, 5.41) is 2.91. The maximum Gasteiger partial charge on any atom is 0.261 e. The van der Waals surface area contributed by atoms with Crippen LogP contribution in [0.1, 0.15) is 43.1 Å². The first-order valence-electron chi connectivity index (χ1n) is 8.25.